The van der Waals surface area contributed by atoms with Crippen LogP contribution in [0.25, 0.3) is 0 Å². The Balaban J connectivity index is 1.61. The van der Waals surface area contributed by atoms with Gasteiger partial charge in [-0.3, -0.25) is 4.79 Å². The third-order valence-corrected chi connectivity index (χ3v) is 5.17. The third-order valence-electron chi connectivity index (χ3n) is 4.07. The molecular formula is C21H20O5S. The highest BCUT2D eigenvalue weighted by Crippen LogP contribution is 2.36. The Hall–Kier alpha value is -2.73. The van der Waals surface area contributed by atoms with Gasteiger partial charge in [-0.05, 0) is 29.7 Å². The van der Waals surface area contributed by atoms with E-state index in [0.717, 1.165) is 12.0 Å². The molecule has 1 aliphatic heterocycles. The minimum atomic E-state index is -0.553. The van der Waals surface area contributed by atoms with Gasteiger partial charge in [0.25, 0.3) is 0 Å². The number of esters is 2. The summed E-state index contributed by atoms with van der Waals surface area (Å²) in [6.45, 7) is 1.33. The molecule has 0 aromatic heterocycles. The second kappa shape index (κ2) is 8.77. The summed E-state index contributed by atoms with van der Waals surface area (Å²) in [5.74, 6) is 0.249. The number of carbonyl (C=O) groups excluding carboxylic acids is 2. The van der Waals surface area contributed by atoms with Crippen molar-refractivity contribution in [3.8, 4) is 5.75 Å². The number of thioether (sulfide) groups is 1. The summed E-state index contributed by atoms with van der Waals surface area (Å²) in [4.78, 5) is 23.6. The molecule has 1 aliphatic rings. The molecular weight excluding hydrogens is 364 g/mol. The number of carbonyl (C=O) groups is 2. The molecule has 1 heterocycles. The van der Waals surface area contributed by atoms with Crippen LogP contribution in [0.2, 0.25) is 0 Å². The molecule has 1 unspecified atom stereocenters. The molecule has 5 nitrogen and oxygen atoms in total. The number of aliphatic hydroxyl groups is 1. The molecule has 0 saturated carbocycles. The quantitative estimate of drug-likeness (QED) is 0.590. The van der Waals surface area contributed by atoms with Crippen molar-refractivity contribution in [1.29, 1.82) is 0 Å². The van der Waals surface area contributed by atoms with E-state index in [4.69, 9.17) is 9.47 Å². The molecule has 0 bridgehead atoms. The number of benzene rings is 2. The Morgan fingerprint density at radius 1 is 1.19 bits per heavy atom. The van der Waals surface area contributed by atoms with Crippen LogP contribution in [0, 0.1) is 0 Å². The summed E-state index contributed by atoms with van der Waals surface area (Å²) in [5, 5.41) is 10.3. The smallest absolute Gasteiger partial charge is 0.348 e. The van der Waals surface area contributed by atoms with Gasteiger partial charge in [0.05, 0.1) is 0 Å². The number of aliphatic hydroxyl groups excluding tert-OH is 1. The number of hydrogen-bond donors (Lipinski definition) is 1. The van der Waals surface area contributed by atoms with Crippen LogP contribution in [0.1, 0.15) is 30.6 Å². The molecule has 0 radical (unpaired) electrons. The van der Waals surface area contributed by atoms with Gasteiger partial charge in [0.1, 0.15) is 22.5 Å². The molecule has 0 spiro atoms. The molecule has 0 aliphatic carbocycles. The minimum Gasteiger partial charge on any atom is -0.511 e. The van der Waals surface area contributed by atoms with Gasteiger partial charge in [0.15, 0.2) is 0 Å². The number of ether oxygens (including phenoxy) is 2. The Labute approximate surface area is 162 Å². The van der Waals surface area contributed by atoms with Crippen LogP contribution in [0.5, 0.6) is 5.75 Å². The summed E-state index contributed by atoms with van der Waals surface area (Å²) in [6, 6.07) is 16.7. The first-order chi connectivity index (χ1) is 13.0. The van der Waals surface area contributed by atoms with Crippen LogP contribution in [0.3, 0.4) is 0 Å². The van der Waals surface area contributed by atoms with Crippen molar-refractivity contribution in [3.05, 3.63) is 76.4 Å². The molecule has 2 aromatic carbocycles. The first-order valence-electron chi connectivity index (χ1n) is 8.61. The molecule has 0 saturated heterocycles. The Bertz CT molecular complexity index is 843. The Morgan fingerprint density at radius 3 is 2.52 bits per heavy atom. The summed E-state index contributed by atoms with van der Waals surface area (Å²) in [6.07, 6.45) is 0.477. The molecule has 1 N–H and O–H groups in total. The molecule has 140 valence electrons. The molecule has 3 rings (SSSR count). The highest BCUT2D eigenvalue weighted by molar-refractivity contribution is 8.04. The van der Waals surface area contributed by atoms with E-state index in [1.54, 1.807) is 24.3 Å². The molecule has 1 atom stereocenters. The lowest BCUT2D eigenvalue weighted by Gasteiger charge is -2.24. The normalized spacial score (nSPS) is 16.8. The average molecular weight is 384 g/mol. The van der Waals surface area contributed by atoms with Gasteiger partial charge in [-0.15, -0.1) is 11.8 Å². The van der Waals surface area contributed by atoms with Gasteiger partial charge >= 0.3 is 11.9 Å². The van der Waals surface area contributed by atoms with Gasteiger partial charge in [0.2, 0.25) is 0 Å². The van der Waals surface area contributed by atoms with Crippen molar-refractivity contribution < 1.29 is 24.2 Å². The van der Waals surface area contributed by atoms with Crippen molar-refractivity contribution in [1.82, 2.24) is 0 Å². The van der Waals surface area contributed by atoms with Gasteiger partial charge in [-0.25, -0.2) is 4.79 Å². The van der Waals surface area contributed by atoms with Crippen molar-refractivity contribution in [2.24, 2.45) is 0 Å². The van der Waals surface area contributed by atoms with Gasteiger partial charge in [0, 0.05) is 19.1 Å². The summed E-state index contributed by atoms with van der Waals surface area (Å²) >= 11 is 1.31. The van der Waals surface area contributed by atoms with Crippen molar-refractivity contribution in [2.45, 2.75) is 25.9 Å². The monoisotopic (exact) mass is 384 g/mol. The van der Waals surface area contributed by atoms with E-state index in [-0.39, 0.29) is 17.1 Å². The first kappa shape index (κ1) is 19.0. The Morgan fingerprint density at radius 2 is 1.89 bits per heavy atom. The topological polar surface area (TPSA) is 72.8 Å². The number of aryl methyl sites for hydroxylation is 1. The molecule has 6 heteroatoms. The number of rotatable bonds is 6. The summed E-state index contributed by atoms with van der Waals surface area (Å²) < 4.78 is 10.5. The van der Waals surface area contributed by atoms with Crippen molar-refractivity contribution in [2.75, 3.05) is 5.75 Å². The van der Waals surface area contributed by atoms with E-state index in [9.17, 15) is 14.7 Å². The van der Waals surface area contributed by atoms with Gasteiger partial charge in [-0.1, -0.05) is 42.5 Å². The zero-order valence-corrected chi connectivity index (χ0v) is 15.7. The Kier molecular flexibility index (Phi) is 6.19. The minimum absolute atomic E-state index is 0.0541. The highest BCUT2D eigenvalue weighted by Gasteiger charge is 2.30. The number of cyclic esters (lactones) is 1. The summed E-state index contributed by atoms with van der Waals surface area (Å²) in [5.41, 5.74) is 1.92. The van der Waals surface area contributed by atoms with E-state index in [1.165, 1.54) is 24.2 Å². The maximum Gasteiger partial charge on any atom is 0.348 e. The van der Waals surface area contributed by atoms with Gasteiger partial charge in [-0.2, -0.15) is 0 Å². The fraction of sp³-hybridized carbons (Fsp3) is 0.238. The fourth-order valence-corrected chi connectivity index (χ4v) is 3.73. The highest BCUT2D eigenvalue weighted by atomic mass is 32.2. The fourth-order valence-electron chi connectivity index (χ4n) is 2.77. The van der Waals surface area contributed by atoms with Crippen LogP contribution >= 0.6 is 11.8 Å². The van der Waals surface area contributed by atoms with E-state index in [2.05, 4.69) is 0 Å². The number of hydrogen-bond acceptors (Lipinski definition) is 6. The van der Waals surface area contributed by atoms with Crippen LogP contribution in [-0.2, 0) is 20.7 Å². The second-order valence-electron chi connectivity index (χ2n) is 6.12. The van der Waals surface area contributed by atoms with E-state index in [1.807, 2.05) is 30.3 Å². The largest absolute Gasteiger partial charge is 0.511 e. The maximum atomic E-state index is 12.3. The van der Waals surface area contributed by atoms with Crippen LogP contribution < -0.4 is 4.74 Å². The maximum absolute atomic E-state index is 12.3. The summed E-state index contributed by atoms with van der Waals surface area (Å²) in [7, 11) is 0. The zero-order valence-electron chi connectivity index (χ0n) is 14.9. The standard InChI is InChI=1S/C21H20O5S/c1-14(22)25-17-9-7-16(8-10-17)19-13-18(23)20(21(24)26-19)27-12-11-15-5-3-2-4-6-15/h2-10,19,23H,11-13H2,1H3. The molecule has 0 amide bonds. The molecule has 0 fully saturated rings. The first-order valence-corrected chi connectivity index (χ1v) is 9.59. The third kappa shape index (κ3) is 5.14. The van der Waals surface area contributed by atoms with Crippen LogP contribution in [-0.4, -0.2) is 22.8 Å². The van der Waals surface area contributed by atoms with E-state index in [0.29, 0.717) is 11.5 Å². The van der Waals surface area contributed by atoms with E-state index >= 15 is 0 Å². The molecule has 27 heavy (non-hydrogen) atoms. The lowest BCUT2D eigenvalue weighted by molar-refractivity contribution is -0.146. The lowest BCUT2D eigenvalue weighted by Crippen LogP contribution is -2.20. The molecule has 2 aromatic rings. The van der Waals surface area contributed by atoms with Gasteiger partial charge < -0.3 is 14.6 Å². The SMILES string of the molecule is CC(=O)Oc1ccc(C2CC(O)=C(SCCc3ccccc3)C(=O)O2)cc1. The average Bonchev–Trinajstić information content (AvgIpc) is 2.65. The van der Waals surface area contributed by atoms with Crippen LogP contribution in [0.15, 0.2) is 65.3 Å². The van der Waals surface area contributed by atoms with E-state index < -0.39 is 18.0 Å². The second-order valence-corrected chi connectivity index (χ2v) is 7.23. The zero-order chi connectivity index (χ0) is 19.2. The van der Waals surface area contributed by atoms with Crippen molar-refractivity contribution >= 4 is 23.7 Å². The predicted octanol–water partition coefficient (Wildman–Crippen LogP) is 4.35. The lowest BCUT2D eigenvalue weighted by atomic mass is 10.0. The van der Waals surface area contributed by atoms with Crippen LogP contribution in [0.4, 0.5) is 0 Å². The van der Waals surface area contributed by atoms with Crippen molar-refractivity contribution in [3.63, 3.8) is 0 Å². The predicted molar refractivity (Wildman–Crippen MR) is 103 cm³/mol.